The van der Waals surface area contributed by atoms with Crippen molar-refractivity contribution >= 4 is 39.9 Å². The normalized spacial score (nSPS) is 10.6. The van der Waals surface area contributed by atoms with E-state index in [0.717, 1.165) is 11.0 Å². The number of hydrogen-bond acceptors (Lipinski definition) is 5. The van der Waals surface area contributed by atoms with E-state index in [9.17, 15) is 4.79 Å². The molecule has 19 heavy (non-hydrogen) atoms. The quantitative estimate of drug-likeness (QED) is 0.684. The number of aromatic amines is 1. The third-order valence-corrected chi connectivity index (χ3v) is 3.23. The SMILES string of the molecule is CNc1nc2cc(NC(=O)c3cscn3)ccc2[nH]1. The van der Waals surface area contributed by atoms with Crippen LogP contribution >= 0.6 is 11.3 Å². The smallest absolute Gasteiger partial charge is 0.275 e. The number of nitrogens with zero attached hydrogens (tertiary/aromatic N) is 2. The highest BCUT2D eigenvalue weighted by Crippen LogP contribution is 2.19. The van der Waals surface area contributed by atoms with Gasteiger partial charge in [-0.1, -0.05) is 0 Å². The second kappa shape index (κ2) is 4.69. The maximum absolute atomic E-state index is 11.9. The van der Waals surface area contributed by atoms with Crippen molar-refractivity contribution in [2.24, 2.45) is 0 Å². The molecule has 0 fully saturated rings. The lowest BCUT2D eigenvalue weighted by Crippen LogP contribution is -2.11. The molecular weight excluding hydrogens is 262 g/mol. The van der Waals surface area contributed by atoms with Crippen molar-refractivity contribution in [2.45, 2.75) is 0 Å². The lowest BCUT2D eigenvalue weighted by Gasteiger charge is -2.02. The van der Waals surface area contributed by atoms with Crippen LogP contribution in [0.4, 0.5) is 11.6 Å². The molecule has 6 nitrogen and oxygen atoms in total. The number of hydrogen-bond donors (Lipinski definition) is 3. The van der Waals surface area contributed by atoms with E-state index in [1.54, 1.807) is 17.9 Å². The minimum absolute atomic E-state index is 0.218. The van der Waals surface area contributed by atoms with Gasteiger partial charge in [-0.25, -0.2) is 9.97 Å². The van der Waals surface area contributed by atoms with E-state index < -0.39 is 0 Å². The molecule has 0 aliphatic rings. The van der Waals surface area contributed by atoms with Crippen molar-refractivity contribution in [2.75, 3.05) is 17.7 Å². The predicted octanol–water partition coefficient (Wildman–Crippen LogP) is 2.31. The fourth-order valence-electron chi connectivity index (χ4n) is 1.72. The van der Waals surface area contributed by atoms with Gasteiger partial charge in [-0.3, -0.25) is 4.79 Å². The Balaban J connectivity index is 1.87. The molecule has 0 unspecified atom stereocenters. The molecule has 2 heterocycles. The van der Waals surface area contributed by atoms with E-state index in [0.29, 0.717) is 17.3 Å². The minimum atomic E-state index is -0.218. The highest BCUT2D eigenvalue weighted by molar-refractivity contribution is 7.07. The van der Waals surface area contributed by atoms with Gasteiger partial charge in [0.25, 0.3) is 5.91 Å². The second-order valence-corrected chi connectivity index (χ2v) is 4.61. The number of amides is 1. The highest BCUT2D eigenvalue weighted by Gasteiger charge is 2.09. The summed E-state index contributed by atoms with van der Waals surface area (Å²) in [5.41, 5.74) is 4.45. The number of carbonyl (C=O) groups excluding carboxylic acids is 1. The Bertz CT molecular complexity index is 719. The molecule has 1 amide bonds. The van der Waals surface area contributed by atoms with Crippen LogP contribution in [0, 0.1) is 0 Å². The lowest BCUT2D eigenvalue weighted by molar-refractivity contribution is 0.102. The molecule has 7 heteroatoms. The van der Waals surface area contributed by atoms with Crippen LogP contribution in [-0.4, -0.2) is 27.9 Å². The largest absolute Gasteiger partial charge is 0.359 e. The van der Waals surface area contributed by atoms with Gasteiger partial charge in [0, 0.05) is 18.1 Å². The lowest BCUT2D eigenvalue weighted by atomic mass is 10.2. The van der Waals surface area contributed by atoms with Crippen LogP contribution in [-0.2, 0) is 0 Å². The van der Waals surface area contributed by atoms with Crippen LogP contribution in [0.15, 0.2) is 29.1 Å². The van der Waals surface area contributed by atoms with Crippen LogP contribution in [0.1, 0.15) is 10.5 Å². The fraction of sp³-hybridized carbons (Fsp3) is 0.0833. The monoisotopic (exact) mass is 273 g/mol. The topological polar surface area (TPSA) is 82.7 Å². The number of imidazole rings is 1. The van der Waals surface area contributed by atoms with Crippen LogP contribution < -0.4 is 10.6 Å². The van der Waals surface area contributed by atoms with E-state index in [2.05, 4.69) is 25.6 Å². The van der Waals surface area contributed by atoms with Crippen molar-refractivity contribution in [3.63, 3.8) is 0 Å². The molecule has 0 spiro atoms. The van der Waals surface area contributed by atoms with Gasteiger partial charge in [0.15, 0.2) is 0 Å². The zero-order valence-corrected chi connectivity index (χ0v) is 10.9. The number of fused-ring (bicyclic) bond motifs is 1. The first kappa shape index (κ1) is 11.7. The standard InChI is InChI=1S/C12H11N5OS/c1-13-12-16-8-3-2-7(4-9(8)17-12)15-11(18)10-5-19-6-14-10/h2-6H,1H3,(H,15,18)(H2,13,16,17). The molecule has 3 rings (SSSR count). The number of aromatic nitrogens is 3. The van der Waals surface area contributed by atoms with Gasteiger partial charge in [0.05, 0.1) is 16.5 Å². The molecule has 0 atom stereocenters. The summed E-state index contributed by atoms with van der Waals surface area (Å²) in [4.78, 5) is 23.3. The minimum Gasteiger partial charge on any atom is -0.359 e. The molecule has 0 radical (unpaired) electrons. The van der Waals surface area contributed by atoms with E-state index >= 15 is 0 Å². The maximum atomic E-state index is 11.9. The molecule has 0 aliphatic heterocycles. The van der Waals surface area contributed by atoms with E-state index in [1.165, 1.54) is 11.3 Å². The first-order chi connectivity index (χ1) is 9.26. The van der Waals surface area contributed by atoms with Gasteiger partial charge >= 0.3 is 0 Å². The Hall–Kier alpha value is -2.41. The van der Waals surface area contributed by atoms with E-state index in [1.807, 2.05) is 18.2 Å². The summed E-state index contributed by atoms with van der Waals surface area (Å²) in [5.74, 6) is 0.475. The molecule has 0 saturated carbocycles. The molecule has 2 aromatic heterocycles. The van der Waals surface area contributed by atoms with Gasteiger partial charge < -0.3 is 15.6 Å². The van der Waals surface area contributed by atoms with Crippen molar-refractivity contribution in [3.8, 4) is 0 Å². The summed E-state index contributed by atoms with van der Waals surface area (Å²) in [6.07, 6.45) is 0. The molecular formula is C12H11N5OS. The molecule has 0 aliphatic carbocycles. The number of carbonyl (C=O) groups is 1. The molecule has 0 bridgehead atoms. The zero-order chi connectivity index (χ0) is 13.2. The summed E-state index contributed by atoms with van der Waals surface area (Å²) in [6.45, 7) is 0. The first-order valence-electron chi connectivity index (χ1n) is 5.63. The number of rotatable bonds is 3. The molecule has 96 valence electrons. The Morgan fingerprint density at radius 3 is 3.05 bits per heavy atom. The van der Waals surface area contributed by atoms with Gasteiger partial charge in [-0.05, 0) is 18.2 Å². The van der Waals surface area contributed by atoms with E-state index in [4.69, 9.17) is 0 Å². The summed E-state index contributed by atoms with van der Waals surface area (Å²) in [7, 11) is 1.79. The molecule has 1 aromatic carbocycles. The van der Waals surface area contributed by atoms with Crippen molar-refractivity contribution < 1.29 is 4.79 Å². The summed E-state index contributed by atoms with van der Waals surface area (Å²) < 4.78 is 0. The van der Waals surface area contributed by atoms with Crippen LogP contribution in [0.3, 0.4) is 0 Å². The summed E-state index contributed by atoms with van der Waals surface area (Å²) >= 11 is 1.39. The van der Waals surface area contributed by atoms with Crippen LogP contribution in [0.25, 0.3) is 11.0 Å². The van der Waals surface area contributed by atoms with Crippen molar-refractivity contribution in [1.82, 2.24) is 15.0 Å². The highest BCUT2D eigenvalue weighted by atomic mass is 32.1. The third-order valence-electron chi connectivity index (χ3n) is 2.64. The Labute approximate surface area is 112 Å². The summed E-state index contributed by atoms with van der Waals surface area (Å²) in [5, 5.41) is 7.44. The number of benzene rings is 1. The van der Waals surface area contributed by atoms with Gasteiger partial charge in [0.2, 0.25) is 5.95 Å². The number of nitrogens with one attached hydrogen (secondary N) is 3. The number of thiazole rings is 1. The average Bonchev–Trinajstić information content (AvgIpc) is 3.07. The predicted molar refractivity (Wildman–Crippen MR) is 75.7 cm³/mol. The second-order valence-electron chi connectivity index (χ2n) is 3.90. The molecule has 0 saturated heterocycles. The van der Waals surface area contributed by atoms with Crippen molar-refractivity contribution in [1.29, 1.82) is 0 Å². The van der Waals surface area contributed by atoms with E-state index in [-0.39, 0.29) is 5.91 Å². The van der Waals surface area contributed by atoms with Gasteiger partial charge in [-0.15, -0.1) is 11.3 Å². The number of H-pyrrole nitrogens is 1. The first-order valence-corrected chi connectivity index (χ1v) is 6.57. The van der Waals surface area contributed by atoms with Crippen molar-refractivity contribution in [3.05, 3.63) is 34.8 Å². The van der Waals surface area contributed by atoms with Crippen LogP contribution in [0.2, 0.25) is 0 Å². The Kier molecular flexibility index (Phi) is 2.88. The fourth-order valence-corrected chi connectivity index (χ4v) is 2.25. The molecule has 3 N–H and O–H groups in total. The third kappa shape index (κ3) is 2.27. The summed E-state index contributed by atoms with van der Waals surface area (Å²) in [6, 6.07) is 5.51. The Morgan fingerprint density at radius 2 is 2.32 bits per heavy atom. The molecule has 3 aromatic rings. The van der Waals surface area contributed by atoms with Gasteiger partial charge in [0.1, 0.15) is 5.69 Å². The maximum Gasteiger partial charge on any atom is 0.275 e. The number of anilines is 2. The Morgan fingerprint density at radius 1 is 1.42 bits per heavy atom. The average molecular weight is 273 g/mol. The van der Waals surface area contributed by atoms with Crippen LogP contribution in [0.5, 0.6) is 0 Å². The van der Waals surface area contributed by atoms with Gasteiger partial charge in [-0.2, -0.15) is 0 Å². The zero-order valence-electron chi connectivity index (χ0n) is 10.1.